The Morgan fingerprint density at radius 1 is 1.25 bits per heavy atom. The van der Waals surface area contributed by atoms with Crippen molar-refractivity contribution in [2.24, 2.45) is 17.6 Å². The number of thiocarbonyl (C=S) groups is 1. The maximum Gasteiger partial charge on any atom is 0.230 e. The maximum atomic E-state index is 12.0. The van der Waals surface area contributed by atoms with Gasteiger partial charge in [0, 0.05) is 26.1 Å². The molecule has 1 unspecified atom stereocenters. The van der Waals surface area contributed by atoms with Gasteiger partial charge in [-0.25, -0.2) is 0 Å². The van der Waals surface area contributed by atoms with Crippen molar-refractivity contribution in [2.75, 3.05) is 19.6 Å². The summed E-state index contributed by atoms with van der Waals surface area (Å²) in [6, 6.07) is 0. The van der Waals surface area contributed by atoms with Crippen LogP contribution in [0.15, 0.2) is 0 Å². The third-order valence-electron chi connectivity index (χ3n) is 3.60. The van der Waals surface area contributed by atoms with Gasteiger partial charge in [-0.1, -0.05) is 26.1 Å². The fourth-order valence-corrected chi connectivity index (χ4v) is 2.84. The summed E-state index contributed by atoms with van der Waals surface area (Å²) in [5, 5.41) is 2.76. The molecule has 2 amide bonds. The molecule has 0 radical (unpaired) electrons. The van der Waals surface area contributed by atoms with E-state index in [0.29, 0.717) is 13.0 Å². The zero-order chi connectivity index (χ0) is 15.1. The van der Waals surface area contributed by atoms with E-state index >= 15 is 0 Å². The minimum atomic E-state index is -0.463. The Morgan fingerprint density at radius 2 is 1.85 bits per heavy atom. The molecule has 1 aliphatic rings. The Balaban J connectivity index is 2.33. The Hall–Kier alpha value is -1.17. The molecule has 0 saturated carbocycles. The van der Waals surface area contributed by atoms with Crippen LogP contribution in [0.5, 0.6) is 0 Å². The lowest BCUT2D eigenvalue weighted by atomic mass is 9.95. The van der Waals surface area contributed by atoms with Crippen molar-refractivity contribution in [3.63, 3.8) is 0 Å². The molecule has 20 heavy (non-hydrogen) atoms. The normalized spacial score (nSPS) is 16.9. The quantitative estimate of drug-likeness (QED) is 0.719. The Kier molecular flexibility index (Phi) is 6.91. The summed E-state index contributed by atoms with van der Waals surface area (Å²) in [5.74, 6) is -0.472. The van der Waals surface area contributed by atoms with Gasteiger partial charge in [-0.2, -0.15) is 0 Å². The maximum absolute atomic E-state index is 12.0. The topological polar surface area (TPSA) is 75.4 Å². The third kappa shape index (κ3) is 5.07. The molecule has 0 aliphatic carbocycles. The molecule has 5 nitrogen and oxygen atoms in total. The third-order valence-corrected chi connectivity index (χ3v) is 3.86. The highest BCUT2D eigenvalue weighted by Crippen LogP contribution is 2.12. The summed E-state index contributed by atoms with van der Waals surface area (Å²) in [6.45, 7) is 5.84. The molecule has 1 rings (SSSR count). The van der Waals surface area contributed by atoms with Crippen LogP contribution < -0.4 is 11.1 Å². The average molecular weight is 299 g/mol. The molecule has 1 heterocycles. The number of piperidine rings is 1. The first-order chi connectivity index (χ1) is 9.43. The van der Waals surface area contributed by atoms with Gasteiger partial charge in [0.1, 0.15) is 0 Å². The zero-order valence-electron chi connectivity index (χ0n) is 12.4. The van der Waals surface area contributed by atoms with Crippen LogP contribution in [0, 0.1) is 11.8 Å². The Morgan fingerprint density at radius 3 is 2.35 bits per heavy atom. The number of nitrogens with two attached hydrogens (primary N) is 1. The van der Waals surface area contributed by atoms with E-state index in [1.165, 1.54) is 6.42 Å². The highest BCUT2D eigenvalue weighted by atomic mass is 32.1. The number of amides is 2. The van der Waals surface area contributed by atoms with E-state index in [0.717, 1.165) is 25.9 Å². The lowest BCUT2D eigenvalue weighted by Crippen LogP contribution is -2.42. The van der Waals surface area contributed by atoms with Gasteiger partial charge in [-0.05, 0) is 25.2 Å². The first kappa shape index (κ1) is 16.9. The molecule has 0 aromatic heterocycles. The van der Waals surface area contributed by atoms with Gasteiger partial charge < -0.3 is 16.0 Å². The SMILES string of the molecule is CC(C)C(C(=O)NCCC(=O)N1CCCCC1)C(N)=S. The molecule has 1 saturated heterocycles. The van der Waals surface area contributed by atoms with E-state index in [1.54, 1.807) is 0 Å². The van der Waals surface area contributed by atoms with E-state index in [-0.39, 0.29) is 22.7 Å². The number of carbonyl (C=O) groups excluding carboxylic acids is 2. The predicted molar refractivity (Wildman–Crippen MR) is 83.2 cm³/mol. The molecule has 0 aromatic carbocycles. The summed E-state index contributed by atoms with van der Waals surface area (Å²) < 4.78 is 0. The number of carbonyl (C=O) groups is 2. The zero-order valence-corrected chi connectivity index (χ0v) is 13.2. The van der Waals surface area contributed by atoms with E-state index in [2.05, 4.69) is 5.32 Å². The van der Waals surface area contributed by atoms with Crippen molar-refractivity contribution in [1.29, 1.82) is 0 Å². The monoisotopic (exact) mass is 299 g/mol. The Bertz CT molecular complexity index is 365. The van der Waals surface area contributed by atoms with Crippen molar-refractivity contribution < 1.29 is 9.59 Å². The standard InChI is InChI=1S/C14H25N3O2S/c1-10(2)12(13(15)20)14(19)16-7-6-11(18)17-8-4-3-5-9-17/h10,12H,3-9H2,1-2H3,(H2,15,20)(H,16,19). The highest BCUT2D eigenvalue weighted by molar-refractivity contribution is 7.80. The highest BCUT2D eigenvalue weighted by Gasteiger charge is 2.25. The smallest absolute Gasteiger partial charge is 0.230 e. The van der Waals surface area contributed by atoms with Crippen LogP contribution >= 0.6 is 12.2 Å². The van der Waals surface area contributed by atoms with E-state index in [1.807, 2.05) is 18.7 Å². The van der Waals surface area contributed by atoms with Crippen molar-refractivity contribution >= 4 is 29.0 Å². The van der Waals surface area contributed by atoms with Gasteiger partial charge in [0.15, 0.2) is 0 Å². The molecule has 1 aliphatic heterocycles. The number of rotatable bonds is 6. The van der Waals surface area contributed by atoms with Crippen LogP contribution in [0.1, 0.15) is 39.5 Å². The lowest BCUT2D eigenvalue weighted by Gasteiger charge is -2.27. The first-order valence-corrected chi connectivity index (χ1v) is 7.69. The van der Waals surface area contributed by atoms with Gasteiger partial charge in [0.25, 0.3) is 0 Å². The number of likely N-dealkylation sites (tertiary alicyclic amines) is 1. The second kappa shape index (κ2) is 8.19. The minimum Gasteiger partial charge on any atom is -0.393 e. The first-order valence-electron chi connectivity index (χ1n) is 7.28. The predicted octanol–water partition coefficient (Wildman–Crippen LogP) is 1.06. The molecule has 1 atom stereocenters. The largest absolute Gasteiger partial charge is 0.393 e. The fraction of sp³-hybridized carbons (Fsp3) is 0.786. The Labute approximate surface area is 126 Å². The van der Waals surface area contributed by atoms with Crippen molar-refractivity contribution in [3.05, 3.63) is 0 Å². The summed E-state index contributed by atoms with van der Waals surface area (Å²) in [6.07, 6.45) is 3.70. The second-order valence-corrected chi connectivity index (χ2v) is 6.08. The number of hydrogen-bond acceptors (Lipinski definition) is 3. The van der Waals surface area contributed by atoms with Crippen molar-refractivity contribution in [2.45, 2.75) is 39.5 Å². The van der Waals surface area contributed by atoms with Crippen LogP contribution in [0.4, 0.5) is 0 Å². The number of hydrogen-bond donors (Lipinski definition) is 2. The van der Waals surface area contributed by atoms with Crippen LogP contribution in [0.25, 0.3) is 0 Å². The number of nitrogens with one attached hydrogen (secondary N) is 1. The van der Waals surface area contributed by atoms with E-state index in [9.17, 15) is 9.59 Å². The molecule has 3 N–H and O–H groups in total. The second-order valence-electron chi connectivity index (χ2n) is 5.61. The van der Waals surface area contributed by atoms with Gasteiger partial charge in [0.2, 0.25) is 11.8 Å². The molecular weight excluding hydrogens is 274 g/mol. The summed E-state index contributed by atoms with van der Waals surface area (Å²) >= 11 is 4.92. The van der Waals surface area contributed by atoms with Crippen LogP contribution in [0.2, 0.25) is 0 Å². The van der Waals surface area contributed by atoms with Crippen molar-refractivity contribution in [1.82, 2.24) is 10.2 Å². The molecule has 114 valence electrons. The van der Waals surface area contributed by atoms with E-state index < -0.39 is 5.92 Å². The molecule has 0 spiro atoms. The summed E-state index contributed by atoms with van der Waals surface area (Å²) in [5.41, 5.74) is 5.58. The molecular formula is C14H25N3O2S. The summed E-state index contributed by atoms with van der Waals surface area (Å²) in [7, 11) is 0. The average Bonchev–Trinajstić information content (AvgIpc) is 2.38. The molecule has 0 bridgehead atoms. The molecule has 1 fully saturated rings. The van der Waals surface area contributed by atoms with Crippen LogP contribution in [-0.2, 0) is 9.59 Å². The number of nitrogens with zero attached hydrogens (tertiary/aromatic N) is 1. The molecule has 0 aromatic rings. The van der Waals surface area contributed by atoms with Gasteiger partial charge in [0.05, 0.1) is 10.9 Å². The van der Waals surface area contributed by atoms with Gasteiger partial charge >= 0.3 is 0 Å². The minimum absolute atomic E-state index is 0.0605. The molecule has 6 heteroatoms. The fourth-order valence-electron chi connectivity index (χ4n) is 2.46. The lowest BCUT2D eigenvalue weighted by molar-refractivity contribution is -0.132. The van der Waals surface area contributed by atoms with Crippen molar-refractivity contribution in [3.8, 4) is 0 Å². The summed E-state index contributed by atoms with van der Waals surface area (Å²) in [4.78, 5) is 26.0. The van der Waals surface area contributed by atoms with Gasteiger partial charge in [-0.15, -0.1) is 0 Å². The van der Waals surface area contributed by atoms with E-state index in [4.69, 9.17) is 18.0 Å². The van der Waals surface area contributed by atoms with Crippen LogP contribution in [0.3, 0.4) is 0 Å². The van der Waals surface area contributed by atoms with Gasteiger partial charge in [-0.3, -0.25) is 9.59 Å². The van der Waals surface area contributed by atoms with Crippen LogP contribution in [-0.4, -0.2) is 41.3 Å².